The minimum absolute atomic E-state index is 0.0166. The molecule has 1 aromatic rings. The molecule has 0 bridgehead atoms. The number of hydrogen-bond donors (Lipinski definition) is 2. The molecule has 1 unspecified atom stereocenters. The second kappa shape index (κ2) is 6.62. The van der Waals surface area contributed by atoms with Crippen molar-refractivity contribution in [1.29, 1.82) is 0 Å². The standard InChI is InChI=1S/C14H23NO2/c1-10(2)12-6-5-11(3)14(7-12)17-9-13(8-16)15-4/h5-7,10,13,15-16H,8-9H2,1-4H3. The van der Waals surface area contributed by atoms with E-state index in [2.05, 4.69) is 37.4 Å². The fraction of sp³-hybridized carbons (Fsp3) is 0.571. The lowest BCUT2D eigenvalue weighted by molar-refractivity contribution is 0.188. The van der Waals surface area contributed by atoms with Gasteiger partial charge in [0.25, 0.3) is 0 Å². The lowest BCUT2D eigenvalue weighted by Crippen LogP contribution is -2.35. The van der Waals surface area contributed by atoms with E-state index in [-0.39, 0.29) is 12.6 Å². The van der Waals surface area contributed by atoms with Gasteiger partial charge in [0.05, 0.1) is 12.6 Å². The Balaban J connectivity index is 2.72. The van der Waals surface area contributed by atoms with Crippen molar-refractivity contribution < 1.29 is 9.84 Å². The minimum Gasteiger partial charge on any atom is -0.492 e. The summed E-state index contributed by atoms with van der Waals surface area (Å²) in [5.41, 5.74) is 2.40. The molecule has 0 aromatic heterocycles. The molecule has 0 aliphatic rings. The predicted molar refractivity (Wildman–Crippen MR) is 70.7 cm³/mol. The maximum absolute atomic E-state index is 9.07. The number of nitrogens with one attached hydrogen (secondary N) is 1. The molecule has 0 spiro atoms. The van der Waals surface area contributed by atoms with Crippen LogP contribution in [0.15, 0.2) is 18.2 Å². The maximum Gasteiger partial charge on any atom is 0.122 e. The lowest BCUT2D eigenvalue weighted by Gasteiger charge is -2.17. The molecule has 0 radical (unpaired) electrons. The first-order valence-corrected chi connectivity index (χ1v) is 6.10. The summed E-state index contributed by atoms with van der Waals surface area (Å²) in [4.78, 5) is 0. The third-order valence-corrected chi connectivity index (χ3v) is 2.95. The van der Waals surface area contributed by atoms with Crippen LogP contribution < -0.4 is 10.1 Å². The van der Waals surface area contributed by atoms with Gasteiger partial charge < -0.3 is 15.2 Å². The van der Waals surface area contributed by atoms with Gasteiger partial charge in [-0.2, -0.15) is 0 Å². The maximum atomic E-state index is 9.07. The zero-order chi connectivity index (χ0) is 12.8. The summed E-state index contributed by atoms with van der Waals surface area (Å²) < 4.78 is 5.75. The van der Waals surface area contributed by atoms with Crippen LogP contribution in [0.4, 0.5) is 0 Å². The summed E-state index contributed by atoms with van der Waals surface area (Å²) in [6, 6.07) is 6.29. The molecular weight excluding hydrogens is 214 g/mol. The molecule has 2 N–H and O–H groups in total. The average molecular weight is 237 g/mol. The van der Waals surface area contributed by atoms with Gasteiger partial charge in [-0.05, 0) is 37.1 Å². The van der Waals surface area contributed by atoms with E-state index in [9.17, 15) is 0 Å². The highest BCUT2D eigenvalue weighted by atomic mass is 16.5. The number of aryl methyl sites for hydroxylation is 1. The number of rotatable bonds is 6. The molecule has 1 atom stereocenters. The number of ether oxygens (including phenoxy) is 1. The van der Waals surface area contributed by atoms with Crippen LogP contribution in [-0.2, 0) is 0 Å². The van der Waals surface area contributed by atoms with Crippen LogP contribution in [-0.4, -0.2) is 31.4 Å². The van der Waals surface area contributed by atoms with Gasteiger partial charge in [-0.15, -0.1) is 0 Å². The largest absolute Gasteiger partial charge is 0.492 e. The summed E-state index contributed by atoms with van der Waals surface area (Å²) in [6.45, 7) is 6.93. The third kappa shape index (κ3) is 4.02. The first-order valence-electron chi connectivity index (χ1n) is 6.10. The highest BCUT2D eigenvalue weighted by Gasteiger charge is 2.08. The van der Waals surface area contributed by atoms with E-state index < -0.39 is 0 Å². The molecular formula is C14H23NO2. The van der Waals surface area contributed by atoms with Gasteiger partial charge in [0.1, 0.15) is 12.4 Å². The molecule has 0 saturated carbocycles. The van der Waals surface area contributed by atoms with Gasteiger partial charge in [-0.25, -0.2) is 0 Å². The van der Waals surface area contributed by atoms with Crippen molar-refractivity contribution in [2.75, 3.05) is 20.3 Å². The second-order valence-electron chi connectivity index (χ2n) is 4.66. The van der Waals surface area contributed by atoms with Crippen molar-refractivity contribution in [3.05, 3.63) is 29.3 Å². The van der Waals surface area contributed by atoms with Gasteiger partial charge in [0.15, 0.2) is 0 Å². The van der Waals surface area contributed by atoms with Crippen molar-refractivity contribution >= 4 is 0 Å². The quantitative estimate of drug-likeness (QED) is 0.796. The molecule has 0 aliphatic heterocycles. The highest BCUT2D eigenvalue weighted by Crippen LogP contribution is 2.24. The van der Waals surface area contributed by atoms with E-state index >= 15 is 0 Å². The summed E-state index contributed by atoms with van der Waals surface area (Å²) in [5, 5.41) is 12.1. The molecule has 96 valence electrons. The third-order valence-electron chi connectivity index (χ3n) is 2.95. The fourth-order valence-corrected chi connectivity index (χ4v) is 1.55. The van der Waals surface area contributed by atoms with E-state index in [0.717, 1.165) is 11.3 Å². The first kappa shape index (κ1) is 14.0. The second-order valence-corrected chi connectivity index (χ2v) is 4.66. The number of likely N-dealkylation sites (N-methyl/N-ethyl adjacent to an activating group) is 1. The van der Waals surface area contributed by atoms with Crippen LogP contribution in [0, 0.1) is 6.92 Å². The first-order chi connectivity index (χ1) is 8.08. The molecule has 0 aliphatic carbocycles. The van der Waals surface area contributed by atoms with Crippen LogP contribution in [0.3, 0.4) is 0 Å². The molecule has 0 heterocycles. The van der Waals surface area contributed by atoms with Crippen molar-refractivity contribution in [3.63, 3.8) is 0 Å². The molecule has 0 fully saturated rings. The Hall–Kier alpha value is -1.06. The highest BCUT2D eigenvalue weighted by molar-refractivity contribution is 5.37. The van der Waals surface area contributed by atoms with Crippen LogP contribution in [0.5, 0.6) is 5.75 Å². The van der Waals surface area contributed by atoms with E-state index in [0.29, 0.717) is 12.5 Å². The summed E-state index contributed by atoms with van der Waals surface area (Å²) >= 11 is 0. The Bertz CT molecular complexity index is 346. The Morgan fingerprint density at radius 3 is 2.59 bits per heavy atom. The van der Waals surface area contributed by atoms with Crippen LogP contribution in [0.2, 0.25) is 0 Å². The van der Waals surface area contributed by atoms with E-state index in [1.165, 1.54) is 5.56 Å². The van der Waals surface area contributed by atoms with E-state index in [4.69, 9.17) is 9.84 Å². The average Bonchev–Trinajstić information content (AvgIpc) is 2.32. The van der Waals surface area contributed by atoms with Crippen molar-refractivity contribution in [2.45, 2.75) is 32.7 Å². The Morgan fingerprint density at radius 2 is 2.06 bits per heavy atom. The molecule has 1 rings (SSSR count). The smallest absolute Gasteiger partial charge is 0.122 e. The van der Waals surface area contributed by atoms with Crippen molar-refractivity contribution in [2.24, 2.45) is 0 Å². The Labute approximate surface area is 104 Å². The van der Waals surface area contributed by atoms with Gasteiger partial charge in [-0.1, -0.05) is 26.0 Å². The van der Waals surface area contributed by atoms with Crippen LogP contribution in [0.25, 0.3) is 0 Å². The Kier molecular flexibility index (Phi) is 5.45. The fourth-order valence-electron chi connectivity index (χ4n) is 1.55. The van der Waals surface area contributed by atoms with Crippen molar-refractivity contribution in [3.8, 4) is 5.75 Å². The monoisotopic (exact) mass is 237 g/mol. The van der Waals surface area contributed by atoms with Crippen molar-refractivity contribution in [1.82, 2.24) is 5.32 Å². The summed E-state index contributed by atoms with van der Waals surface area (Å²) in [7, 11) is 1.82. The van der Waals surface area contributed by atoms with E-state index in [1.54, 1.807) is 0 Å². The molecule has 3 nitrogen and oxygen atoms in total. The van der Waals surface area contributed by atoms with Crippen LogP contribution in [0.1, 0.15) is 30.9 Å². The van der Waals surface area contributed by atoms with Gasteiger partial charge in [0, 0.05) is 0 Å². The van der Waals surface area contributed by atoms with Crippen LogP contribution >= 0.6 is 0 Å². The lowest BCUT2D eigenvalue weighted by atomic mass is 10.0. The van der Waals surface area contributed by atoms with E-state index in [1.807, 2.05) is 14.0 Å². The molecule has 1 aromatic carbocycles. The number of aliphatic hydroxyl groups excluding tert-OH is 1. The van der Waals surface area contributed by atoms with Gasteiger partial charge in [-0.3, -0.25) is 0 Å². The normalized spacial score (nSPS) is 12.8. The molecule has 3 heteroatoms. The van der Waals surface area contributed by atoms with Gasteiger partial charge >= 0.3 is 0 Å². The zero-order valence-electron chi connectivity index (χ0n) is 11.2. The SMILES string of the molecule is CNC(CO)COc1cc(C(C)C)ccc1C. The topological polar surface area (TPSA) is 41.5 Å². The number of aliphatic hydroxyl groups is 1. The van der Waals surface area contributed by atoms with Gasteiger partial charge in [0.2, 0.25) is 0 Å². The molecule has 0 amide bonds. The molecule has 0 saturated heterocycles. The predicted octanol–water partition coefficient (Wildman–Crippen LogP) is 2.08. The summed E-state index contributed by atoms with van der Waals surface area (Å²) in [6.07, 6.45) is 0. The number of benzene rings is 1. The summed E-state index contributed by atoms with van der Waals surface area (Å²) in [5.74, 6) is 1.40. The Morgan fingerprint density at radius 1 is 1.35 bits per heavy atom. The zero-order valence-corrected chi connectivity index (χ0v) is 11.2. The minimum atomic E-state index is -0.0166. The molecule has 17 heavy (non-hydrogen) atoms. The number of hydrogen-bond acceptors (Lipinski definition) is 3.